The molecule has 0 atom stereocenters. The monoisotopic (exact) mass is 1970 g/mol. The lowest BCUT2D eigenvalue weighted by molar-refractivity contribution is 0.0429. The largest absolute Gasteiger partial charge is 0.454 e. The highest BCUT2D eigenvalue weighted by molar-refractivity contribution is 6.34. The Labute approximate surface area is 840 Å². The molecule has 0 saturated heterocycles. The number of aryl methyl sites for hydroxylation is 11. The van der Waals surface area contributed by atoms with E-state index >= 15 is 0 Å². The molecule has 12 heterocycles. The molecule has 12 aromatic heterocycles. The second-order valence-electron chi connectivity index (χ2n) is 34.2. The van der Waals surface area contributed by atoms with E-state index in [2.05, 4.69) is 132 Å². The maximum Gasteiger partial charge on any atom is 0.341 e. The number of nitrogens with zero attached hydrogens (tertiary/aromatic N) is 12. The number of hydrogen-bond acceptors (Lipinski definition) is 30. The number of ether oxygens (including phenoxy) is 6. The number of benzene rings is 6. The minimum Gasteiger partial charge on any atom is -0.454 e. The zero-order valence-corrected chi connectivity index (χ0v) is 83.0. The SMILES string of the molecule is CCc1ccc(-c2cc(COC(=O)c3ccc(C)nc3)on2)cc1.Cc1cc(C)c(-c2cc(COC(=O)c3ccc(C)nc3)on2)c(C)c1.Cc1ccc(-c2cc(COC(=O)c3cc(Cl)cnc3Cl)on2)cc1.Cc1ccc(-c2cc(COC(=O)c3ccc(C)nc3)on2)cc1.Cc1ccc(C(=O)OCc2cc(-c3ccc(C(C)(C)C)cc3)no2)cn1.Cc1ccc(C(=O)OCc2cc(-c3ccccc3)no2)cn1. The van der Waals surface area contributed by atoms with Crippen LogP contribution in [0.5, 0.6) is 0 Å². The Kier molecular flexibility index (Phi) is 36.3. The average Bonchev–Trinajstić information content (AvgIpc) is 1.72. The van der Waals surface area contributed by atoms with Gasteiger partial charge in [-0.25, -0.2) is 33.8 Å². The summed E-state index contributed by atoms with van der Waals surface area (Å²) in [4.78, 5) is 96.0. The van der Waals surface area contributed by atoms with Crippen molar-refractivity contribution in [1.82, 2.24) is 60.8 Å². The third-order valence-corrected chi connectivity index (χ3v) is 22.1. The zero-order chi connectivity index (χ0) is 102. The molecule has 0 fully saturated rings. The first-order chi connectivity index (χ1) is 69.3. The number of esters is 6. The van der Waals surface area contributed by atoms with Gasteiger partial charge in [-0.1, -0.05) is 238 Å². The van der Waals surface area contributed by atoms with Crippen molar-refractivity contribution in [2.24, 2.45) is 0 Å². The summed E-state index contributed by atoms with van der Waals surface area (Å²) < 4.78 is 62.7. The van der Waals surface area contributed by atoms with Crippen LogP contribution in [0.25, 0.3) is 67.5 Å². The number of aromatic nitrogens is 12. The normalized spacial score (nSPS) is 10.7. The topological polar surface area (TPSA) is 391 Å². The van der Waals surface area contributed by atoms with Crippen LogP contribution in [0.2, 0.25) is 10.2 Å². The van der Waals surface area contributed by atoms with Crippen molar-refractivity contribution >= 4 is 59.0 Å². The molecule has 0 unspecified atom stereocenters. The van der Waals surface area contributed by atoms with Gasteiger partial charge in [0.2, 0.25) is 0 Å². The van der Waals surface area contributed by atoms with E-state index in [0.29, 0.717) is 90.2 Å². The molecule has 0 aliphatic rings. The van der Waals surface area contributed by atoms with Gasteiger partial charge in [-0.2, -0.15) is 0 Å². The van der Waals surface area contributed by atoms with Gasteiger partial charge in [0.25, 0.3) is 0 Å². The lowest BCUT2D eigenvalue weighted by atomic mass is 9.86. The van der Waals surface area contributed by atoms with Crippen LogP contribution in [0.1, 0.15) is 192 Å². The summed E-state index contributed by atoms with van der Waals surface area (Å²) in [5.74, 6) is 0.0746. The number of rotatable bonds is 25. The number of carbonyl (C=O) groups excluding carboxylic acids is 6. The fourth-order valence-electron chi connectivity index (χ4n) is 13.6. The van der Waals surface area contributed by atoms with Gasteiger partial charge in [0.15, 0.2) is 74.2 Å². The minimum atomic E-state index is -0.636. The fourth-order valence-corrected chi connectivity index (χ4v) is 13.9. The minimum absolute atomic E-state index is 0.0276. The summed E-state index contributed by atoms with van der Waals surface area (Å²) in [5, 5.41) is 24.5. The first-order valence-corrected chi connectivity index (χ1v) is 46.2. The van der Waals surface area contributed by atoms with Gasteiger partial charge in [0.1, 0.15) is 39.3 Å². The summed E-state index contributed by atoms with van der Waals surface area (Å²) >= 11 is 11.7. The molecule has 0 radical (unpaired) electrons. The Morgan fingerprint density at radius 3 is 0.840 bits per heavy atom. The molecule has 0 amide bonds. The molecule has 0 bridgehead atoms. The van der Waals surface area contributed by atoms with E-state index in [1.165, 1.54) is 65.5 Å². The number of carbonyl (C=O) groups is 6. The van der Waals surface area contributed by atoms with Crippen LogP contribution in [0.3, 0.4) is 0 Å². The lowest BCUT2D eigenvalue weighted by Crippen LogP contribution is -2.10. The van der Waals surface area contributed by atoms with Crippen LogP contribution >= 0.6 is 23.2 Å². The summed E-state index contributed by atoms with van der Waals surface area (Å²) in [6.07, 6.45) is 9.84. The highest BCUT2D eigenvalue weighted by Crippen LogP contribution is 2.32. The molecule has 18 rings (SSSR count). The molecule has 0 N–H and O–H groups in total. The number of pyridine rings is 6. The van der Waals surface area contributed by atoms with Gasteiger partial charge < -0.3 is 55.6 Å². The molecule has 6 aromatic carbocycles. The van der Waals surface area contributed by atoms with Crippen LogP contribution in [0.15, 0.2) is 307 Å². The first-order valence-electron chi connectivity index (χ1n) is 45.5. The summed E-state index contributed by atoms with van der Waals surface area (Å²) in [5.41, 5.74) is 24.9. The molecule has 18 aromatic rings. The van der Waals surface area contributed by atoms with Crippen LogP contribution in [-0.2, 0) is 79.9 Å². The first kappa shape index (κ1) is 104. The number of hydrogen-bond donors (Lipinski definition) is 0. The Hall–Kier alpha value is -17.1. The van der Waals surface area contributed by atoms with Gasteiger partial charge in [-0.3, -0.25) is 24.9 Å². The Morgan fingerprint density at radius 2 is 0.556 bits per heavy atom. The van der Waals surface area contributed by atoms with Crippen molar-refractivity contribution in [3.63, 3.8) is 0 Å². The standard InChI is InChI=1S/C21H22N2O3.C20H20N2O3.C19H18N2O3.C18H16N2O3.C17H12Cl2N2O3.C17H14N2O3/c1-14-5-6-16(12-22-14)20(24)25-13-18-11-19(23-26-18)15-7-9-17(10-8-15)21(2,3)4;1-12-7-13(2)19(14(3)8-12)18-9-17(25-22-18)11-24-20(23)16-6-5-15(4)21-10-16;1-3-14-5-8-15(9-6-14)18-10-17(24-21-18)12-23-19(22)16-7-4-13(2)20-11-16;1-12-3-6-14(7-4-12)17-9-16(23-20-17)11-22-18(21)15-8-5-13(2)19-10-15;1-10-2-4-11(5-3-10)15-7-13(24-21-15)9-23-17(22)14-6-12(18)8-20-16(14)19;1-12-7-8-14(10-18-12)17(20)21-11-15-9-16(19-22-15)13-5-3-2-4-6-13/h5-12H,13H2,1-4H3;5-10H,11H2,1-4H3;4-11H,3,12H2,1-2H3;3-10H,11H2,1-2H3;2-8H,9H2,1H3;2-10H,11H2,1H3. The smallest absolute Gasteiger partial charge is 0.341 e. The predicted octanol–water partition coefficient (Wildman–Crippen LogP) is 24.8. The van der Waals surface area contributed by atoms with Gasteiger partial charge >= 0.3 is 35.8 Å². The highest BCUT2D eigenvalue weighted by atomic mass is 35.5. The van der Waals surface area contributed by atoms with Gasteiger partial charge in [-0.05, 0) is 170 Å². The molecule has 732 valence electrons. The number of halogens is 2. The Balaban J connectivity index is 0.000000145. The summed E-state index contributed by atoms with van der Waals surface area (Å²) in [7, 11) is 0. The average molecular weight is 1980 g/mol. The maximum absolute atomic E-state index is 12.0. The van der Waals surface area contributed by atoms with Crippen molar-refractivity contribution < 1.29 is 84.3 Å². The molecular formula is C112H102Cl2N12O18. The molecule has 0 saturated carbocycles. The second-order valence-corrected chi connectivity index (χ2v) is 35.0. The Morgan fingerprint density at radius 1 is 0.285 bits per heavy atom. The fraction of sp³-hybridized carbons (Fsp3) is 0.196. The van der Waals surface area contributed by atoms with E-state index in [-0.39, 0.29) is 55.8 Å². The molecule has 0 aliphatic heterocycles. The summed E-state index contributed by atoms with van der Waals surface area (Å²) in [6, 6.07) is 75.3. The third-order valence-electron chi connectivity index (χ3n) is 21.6. The zero-order valence-electron chi connectivity index (χ0n) is 81.5. The van der Waals surface area contributed by atoms with Crippen LogP contribution in [0.4, 0.5) is 0 Å². The van der Waals surface area contributed by atoms with E-state index < -0.39 is 35.8 Å². The van der Waals surface area contributed by atoms with Gasteiger partial charge in [0, 0.05) is 135 Å². The predicted molar refractivity (Wildman–Crippen MR) is 537 cm³/mol. The van der Waals surface area contributed by atoms with E-state index in [1.54, 1.807) is 91.0 Å². The van der Waals surface area contributed by atoms with E-state index in [1.807, 2.05) is 172 Å². The molecule has 0 aliphatic carbocycles. The van der Waals surface area contributed by atoms with Crippen molar-refractivity contribution in [3.05, 3.63) is 425 Å². The van der Waals surface area contributed by atoms with E-state index in [4.69, 9.17) is 78.8 Å². The van der Waals surface area contributed by atoms with Gasteiger partial charge in [0.05, 0.1) is 38.4 Å². The van der Waals surface area contributed by atoms with Crippen LogP contribution in [-0.4, -0.2) is 96.7 Å². The lowest BCUT2D eigenvalue weighted by Gasteiger charge is -2.18. The van der Waals surface area contributed by atoms with Crippen molar-refractivity contribution in [1.29, 1.82) is 0 Å². The van der Waals surface area contributed by atoms with Crippen molar-refractivity contribution in [2.75, 3.05) is 0 Å². The van der Waals surface area contributed by atoms with E-state index in [0.717, 1.165) is 96.3 Å². The second kappa shape index (κ2) is 50.1. The highest BCUT2D eigenvalue weighted by Gasteiger charge is 2.23. The summed E-state index contributed by atoms with van der Waals surface area (Å²) in [6.45, 7) is 28.2. The van der Waals surface area contributed by atoms with Crippen LogP contribution in [0, 0.1) is 69.2 Å². The van der Waals surface area contributed by atoms with Crippen molar-refractivity contribution in [2.45, 2.75) is 148 Å². The van der Waals surface area contributed by atoms with E-state index in [9.17, 15) is 28.8 Å². The quantitative estimate of drug-likeness (QED) is 0.0291. The molecule has 0 spiro atoms. The third kappa shape index (κ3) is 30.7. The molecular weight excluding hydrogens is 1870 g/mol. The van der Waals surface area contributed by atoms with Crippen molar-refractivity contribution in [3.8, 4) is 67.5 Å². The van der Waals surface area contributed by atoms with Gasteiger partial charge in [-0.15, -0.1) is 0 Å². The molecule has 30 nitrogen and oxygen atoms in total. The molecule has 32 heteroatoms. The molecule has 144 heavy (non-hydrogen) atoms. The maximum atomic E-state index is 12.0. The van der Waals surface area contributed by atoms with Crippen LogP contribution < -0.4 is 0 Å². The Bertz CT molecular complexity index is 7300.